The van der Waals surface area contributed by atoms with Gasteiger partial charge in [0, 0.05) is 0 Å². The molecule has 0 N–H and O–H groups in total. The van der Waals surface area contributed by atoms with Crippen LogP contribution < -0.4 is 0 Å². The van der Waals surface area contributed by atoms with Crippen molar-refractivity contribution >= 4 is 16.8 Å². The first kappa shape index (κ1) is 10.1. The van der Waals surface area contributed by atoms with Crippen LogP contribution in [0.5, 0.6) is 0 Å². The minimum atomic E-state index is 1.10. The highest BCUT2D eigenvalue weighted by Gasteiger charge is 2.13. The van der Waals surface area contributed by atoms with E-state index in [0.29, 0.717) is 0 Å². The van der Waals surface area contributed by atoms with Gasteiger partial charge in [0.1, 0.15) is 0 Å². The molecule has 0 heteroatoms. The first-order chi connectivity index (χ1) is 8.93. The summed E-state index contributed by atoms with van der Waals surface area (Å²) in [5.41, 5.74) is 6.02. The van der Waals surface area contributed by atoms with Crippen molar-refractivity contribution in [2.45, 2.75) is 25.7 Å². The molecule has 0 bridgehead atoms. The average molecular weight is 232 g/mol. The van der Waals surface area contributed by atoms with Gasteiger partial charge in [-0.15, -0.1) is 0 Å². The topological polar surface area (TPSA) is 0 Å². The van der Waals surface area contributed by atoms with Gasteiger partial charge in [0.15, 0.2) is 0 Å². The second-order valence-corrected chi connectivity index (χ2v) is 5.25. The van der Waals surface area contributed by atoms with E-state index >= 15 is 0 Å². The molecule has 0 aromatic heterocycles. The Morgan fingerprint density at radius 3 is 2.56 bits per heavy atom. The Bertz CT molecular complexity index is 687. The molecule has 88 valence electrons. The third-order valence-electron chi connectivity index (χ3n) is 4.24. The van der Waals surface area contributed by atoms with Crippen LogP contribution in [-0.2, 0) is 19.3 Å². The van der Waals surface area contributed by atoms with Gasteiger partial charge in [-0.3, -0.25) is 0 Å². The molecule has 0 atom stereocenters. The molecule has 2 aromatic carbocycles. The fourth-order valence-corrected chi connectivity index (χ4v) is 3.31. The Hall–Kier alpha value is -1.82. The number of allylic oxidation sites excluding steroid dienone is 3. The Kier molecular flexibility index (Phi) is 2.16. The van der Waals surface area contributed by atoms with Crippen LogP contribution in [0.3, 0.4) is 0 Å². The Labute approximate surface area is 108 Å². The van der Waals surface area contributed by atoms with Crippen LogP contribution in [0, 0.1) is 0 Å². The van der Waals surface area contributed by atoms with Gasteiger partial charge in [-0.25, -0.2) is 0 Å². The molecule has 2 aliphatic carbocycles. The predicted octanol–water partition coefficient (Wildman–Crippen LogP) is 4.45. The minimum Gasteiger partial charge on any atom is -0.0838 e. The summed E-state index contributed by atoms with van der Waals surface area (Å²) in [5, 5.41) is 2.96. The lowest BCUT2D eigenvalue weighted by Crippen LogP contribution is -2.01. The summed E-state index contributed by atoms with van der Waals surface area (Å²) in [4.78, 5) is 0. The monoisotopic (exact) mass is 232 g/mol. The number of aryl methyl sites for hydroxylation is 1. The molecule has 0 heterocycles. The molecule has 18 heavy (non-hydrogen) atoms. The second-order valence-electron chi connectivity index (χ2n) is 5.25. The Morgan fingerprint density at radius 2 is 1.56 bits per heavy atom. The summed E-state index contributed by atoms with van der Waals surface area (Å²) in [6, 6.07) is 9.29. The van der Waals surface area contributed by atoms with Crippen molar-refractivity contribution < 1.29 is 0 Å². The van der Waals surface area contributed by atoms with Crippen LogP contribution in [-0.4, -0.2) is 0 Å². The molecule has 0 fully saturated rings. The summed E-state index contributed by atoms with van der Waals surface area (Å²) >= 11 is 0. The number of rotatable bonds is 0. The van der Waals surface area contributed by atoms with Gasteiger partial charge >= 0.3 is 0 Å². The number of fused-ring (bicyclic) bond motifs is 5. The maximum Gasteiger partial charge on any atom is -0.00883 e. The number of hydrogen-bond donors (Lipinski definition) is 0. The van der Waals surface area contributed by atoms with Crippen molar-refractivity contribution in [2.24, 2.45) is 0 Å². The third-order valence-corrected chi connectivity index (χ3v) is 4.24. The first-order valence-electron chi connectivity index (χ1n) is 6.81. The van der Waals surface area contributed by atoms with Gasteiger partial charge in [0.25, 0.3) is 0 Å². The molecule has 0 saturated heterocycles. The van der Waals surface area contributed by atoms with E-state index in [-0.39, 0.29) is 0 Å². The van der Waals surface area contributed by atoms with Crippen LogP contribution >= 0.6 is 0 Å². The van der Waals surface area contributed by atoms with Crippen molar-refractivity contribution in [3.63, 3.8) is 0 Å². The molecule has 0 aliphatic heterocycles. The smallest absolute Gasteiger partial charge is 0.00883 e. The molecule has 0 amide bonds. The second kappa shape index (κ2) is 3.84. The van der Waals surface area contributed by atoms with E-state index in [4.69, 9.17) is 0 Å². The maximum atomic E-state index is 2.34. The van der Waals surface area contributed by atoms with E-state index in [0.717, 1.165) is 12.8 Å². The van der Waals surface area contributed by atoms with Crippen LogP contribution in [0.1, 0.15) is 28.7 Å². The maximum absolute atomic E-state index is 2.34. The zero-order valence-corrected chi connectivity index (χ0v) is 10.4. The third kappa shape index (κ3) is 1.38. The van der Waals surface area contributed by atoms with Crippen molar-refractivity contribution in [1.29, 1.82) is 0 Å². The molecule has 0 spiro atoms. The number of benzene rings is 2. The van der Waals surface area contributed by atoms with Gasteiger partial charge in [0.05, 0.1) is 0 Å². The van der Waals surface area contributed by atoms with Gasteiger partial charge in [0.2, 0.25) is 0 Å². The highest BCUT2D eigenvalue weighted by molar-refractivity contribution is 5.93. The summed E-state index contributed by atoms with van der Waals surface area (Å²) in [6.45, 7) is 0. The zero-order valence-electron chi connectivity index (χ0n) is 10.4. The Balaban J connectivity index is 2.06. The fraction of sp³-hybridized carbons (Fsp3) is 0.222. The highest BCUT2D eigenvalue weighted by atomic mass is 14.2. The summed E-state index contributed by atoms with van der Waals surface area (Å²) in [6.07, 6.45) is 13.7. The standard InChI is InChI=1S/C18H16/c1-3-7-15-13(5-1)9-11-18-16-8-4-2-6-14(16)10-12-17(15)18/h1-3,6,9-12H,4-5,7-8H2. The summed E-state index contributed by atoms with van der Waals surface area (Å²) in [7, 11) is 0. The normalized spacial score (nSPS) is 16.7. The predicted molar refractivity (Wildman–Crippen MR) is 77.9 cm³/mol. The van der Waals surface area contributed by atoms with Crippen LogP contribution in [0.4, 0.5) is 0 Å². The van der Waals surface area contributed by atoms with E-state index in [1.807, 2.05) is 0 Å². The number of hydrogen-bond acceptors (Lipinski definition) is 0. The van der Waals surface area contributed by atoms with E-state index < -0.39 is 0 Å². The van der Waals surface area contributed by atoms with E-state index in [2.05, 4.69) is 48.6 Å². The fourth-order valence-electron chi connectivity index (χ4n) is 3.31. The molecular formula is C18H16. The van der Waals surface area contributed by atoms with E-state index in [1.54, 1.807) is 11.1 Å². The molecule has 2 aliphatic rings. The van der Waals surface area contributed by atoms with Crippen molar-refractivity contribution in [1.82, 2.24) is 0 Å². The van der Waals surface area contributed by atoms with Gasteiger partial charge in [-0.1, -0.05) is 48.6 Å². The highest BCUT2D eigenvalue weighted by Crippen LogP contribution is 2.32. The average Bonchev–Trinajstić information content (AvgIpc) is 2.46. The lowest BCUT2D eigenvalue weighted by Gasteiger charge is -2.19. The SMILES string of the molecule is C1=Cc2ccc3c4c(ccc3c2CC1)CC=CC4. The summed E-state index contributed by atoms with van der Waals surface area (Å²) in [5.74, 6) is 0. The molecule has 4 rings (SSSR count). The minimum absolute atomic E-state index is 1.10. The quantitative estimate of drug-likeness (QED) is 0.588. The molecule has 0 radical (unpaired) electrons. The van der Waals surface area contributed by atoms with E-state index in [9.17, 15) is 0 Å². The first-order valence-corrected chi connectivity index (χ1v) is 6.81. The summed E-state index contributed by atoms with van der Waals surface area (Å²) < 4.78 is 0. The molecule has 2 aromatic rings. The van der Waals surface area contributed by atoms with Gasteiger partial charge in [-0.2, -0.15) is 0 Å². The largest absolute Gasteiger partial charge is 0.0838 e. The van der Waals surface area contributed by atoms with Crippen LogP contribution in [0.25, 0.3) is 16.8 Å². The lowest BCUT2D eigenvalue weighted by molar-refractivity contribution is 0.996. The van der Waals surface area contributed by atoms with Crippen molar-refractivity contribution in [3.8, 4) is 0 Å². The molecule has 0 nitrogen and oxygen atoms in total. The molecule has 0 saturated carbocycles. The molecular weight excluding hydrogens is 216 g/mol. The molecule has 0 unspecified atom stereocenters. The van der Waals surface area contributed by atoms with Gasteiger partial charge < -0.3 is 0 Å². The van der Waals surface area contributed by atoms with E-state index in [1.165, 1.54) is 34.7 Å². The van der Waals surface area contributed by atoms with Crippen molar-refractivity contribution in [2.75, 3.05) is 0 Å². The lowest BCUT2D eigenvalue weighted by atomic mass is 9.86. The van der Waals surface area contributed by atoms with Gasteiger partial charge in [-0.05, 0) is 58.7 Å². The van der Waals surface area contributed by atoms with Crippen LogP contribution in [0.2, 0.25) is 0 Å². The van der Waals surface area contributed by atoms with Crippen LogP contribution in [0.15, 0.2) is 42.5 Å². The Morgan fingerprint density at radius 1 is 0.722 bits per heavy atom. The zero-order chi connectivity index (χ0) is 11.9. The van der Waals surface area contributed by atoms with Crippen molar-refractivity contribution in [3.05, 3.63) is 64.7 Å².